The van der Waals surface area contributed by atoms with Crippen LogP contribution in [0.5, 0.6) is 0 Å². The van der Waals surface area contributed by atoms with Crippen LogP contribution in [0.25, 0.3) is 0 Å². The number of anilines is 2. The summed E-state index contributed by atoms with van der Waals surface area (Å²) in [4.78, 5) is 39.3. The summed E-state index contributed by atoms with van der Waals surface area (Å²) >= 11 is 11.8. The van der Waals surface area contributed by atoms with Crippen LogP contribution in [-0.4, -0.2) is 29.4 Å². The maximum absolute atomic E-state index is 13.1. The molecule has 2 aromatic carbocycles. The number of carbonyl (C=O) groups excluding carboxylic acids is 3. The first-order valence-electron chi connectivity index (χ1n) is 8.16. The predicted molar refractivity (Wildman–Crippen MR) is 103 cm³/mol. The summed E-state index contributed by atoms with van der Waals surface area (Å²) in [5.41, 5.74) is 1.05. The van der Waals surface area contributed by atoms with Gasteiger partial charge in [0.05, 0.1) is 11.4 Å². The highest BCUT2D eigenvalue weighted by Crippen LogP contribution is 2.38. The third kappa shape index (κ3) is 2.81. The third-order valence-electron chi connectivity index (χ3n) is 4.59. The molecule has 6 nitrogen and oxygen atoms in total. The summed E-state index contributed by atoms with van der Waals surface area (Å²) < 4.78 is 0. The smallest absolute Gasteiger partial charge is 0.259 e. The maximum Gasteiger partial charge on any atom is 0.259 e. The number of Topliss-reactive ketones (excluding diaryl/α,β-unsaturated/α-hetero) is 1. The second-order valence-corrected chi connectivity index (χ2v) is 7.15. The first kappa shape index (κ1) is 17.7. The number of ketones is 1. The van der Waals surface area contributed by atoms with E-state index in [1.54, 1.807) is 48.5 Å². The molecular weight excluding hydrogens is 389 g/mol. The van der Waals surface area contributed by atoms with Gasteiger partial charge >= 0.3 is 0 Å². The largest absolute Gasteiger partial charge is 0.293 e. The number of hydrogen-bond acceptors (Lipinski definition) is 5. The zero-order chi connectivity index (χ0) is 19.3. The quantitative estimate of drug-likeness (QED) is 0.739. The number of hydrazone groups is 1. The summed E-state index contributed by atoms with van der Waals surface area (Å²) in [7, 11) is 0. The lowest BCUT2D eigenvalue weighted by Crippen LogP contribution is -2.39. The zero-order valence-corrected chi connectivity index (χ0v) is 15.6. The van der Waals surface area contributed by atoms with Gasteiger partial charge in [-0.2, -0.15) is 5.10 Å². The number of fused-ring (bicyclic) bond motifs is 1. The normalized spacial score (nSPS) is 21.5. The van der Waals surface area contributed by atoms with Crippen molar-refractivity contribution in [2.75, 3.05) is 9.91 Å². The van der Waals surface area contributed by atoms with Crippen molar-refractivity contribution in [3.63, 3.8) is 0 Å². The van der Waals surface area contributed by atoms with Gasteiger partial charge in [0.25, 0.3) is 5.91 Å². The van der Waals surface area contributed by atoms with Crippen LogP contribution in [-0.2, 0) is 14.4 Å². The molecule has 2 heterocycles. The Hall–Kier alpha value is -2.70. The fraction of sp³-hybridized carbons (Fsp3) is 0.158. The second-order valence-electron chi connectivity index (χ2n) is 6.27. The SMILES string of the molecule is CC(=O)C1=NN(c2ccc(Cl)cc2)[C@H]2C(=O)N(c3ccc(Cl)cc3)C(=O)[C@@H]12. The highest BCUT2D eigenvalue weighted by atomic mass is 35.5. The van der Waals surface area contributed by atoms with E-state index in [9.17, 15) is 14.4 Å². The summed E-state index contributed by atoms with van der Waals surface area (Å²) in [6.07, 6.45) is 0. The van der Waals surface area contributed by atoms with E-state index in [1.807, 2.05) is 0 Å². The maximum atomic E-state index is 13.1. The van der Waals surface area contributed by atoms with E-state index >= 15 is 0 Å². The fourth-order valence-electron chi connectivity index (χ4n) is 3.36. The molecule has 1 saturated heterocycles. The number of amides is 2. The topological polar surface area (TPSA) is 70.1 Å². The summed E-state index contributed by atoms with van der Waals surface area (Å²) in [5, 5.41) is 6.73. The molecule has 1 fully saturated rings. The van der Waals surface area contributed by atoms with E-state index < -0.39 is 23.8 Å². The van der Waals surface area contributed by atoms with Crippen LogP contribution in [0.2, 0.25) is 10.0 Å². The molecule has 2 aliphatic heterocycles. The Kier molecular flexibility index (Phi) is 4.25. The molecule has 0 radical (unpaired) electrons. The van der Waals surface area contributed by atoms with Gasteiger partial charge in [-0.15, -0.1) is 0 Å². The lowest BCUT2D eigenvalue weighted by atomic mass is 9.95. The molecule has 136 valence electrons. The number of nitrogens with zero attached hydrogens (tertiary/aromatic N) is 3. The molecule has 2 atom stereocenters. The standard InChI is InChI=1S/C19H13Cl2N3O3/c1-10(25)16-15-17(24(22-16)14-8-4-12(21)5-9-14)19(27)23(18(15)26)13-6-2-11(20)3-7-13/h2-9,15,17H,1H3/t15-,17+/m0/s1. The van der Waals surface area contributed by atoms with Crippen molar-refractivity contribution in [3.05, 3.63) is 58.6 Å². The summed E-state index contributed by atoms with van der Waals surface area (Å²) in [5.74, 6) is -2.21. The Morgan fingerprint density at radius 2 is 1.41 bits per heavy atom. The van der Waals surface area contributed by atoms with Crippen molar-refractivity contribution in [2.24, 2.45) is 11.0 Å². The van der Waals surface area contributed by atoms with Gasteiger partial charge in [0.15, 0.2) is 5.78 Å². The Balaban J connectivity index is 1.79. The summed E-state index contributed by atoms with van der Waals surface area (Å²) in [6.45, 7) is 1.34. The number of carbonyl (C=O) groups is 3. The summed E-state index contributed by atoms with van der Waals surface area (Å²) in [6, 6.07) is 12.2. The van der Waals surface area contributed by atoms with Crippen molar-refractivity contribution in [1.82, 2.24) is 0 Å². The van der Waals surface area contributed by atoms with Crippen molar-refractivity contribution in [1.29, 1.82) is 0 Å². The molecule has 0 spiro atoms. The average Bonchev–Trinajstić information content (AvgIpc) is 3.15. The van der Waals surface area contributed by atoms with Crippen molar-refractivity contribution >= 4 is 57.9 Å². The third-order valence-corrected chi connectivity index (χ3v) is 5.09. The van der Waals surface area contributed by atoms with E-state index in [0.717, 1.165) is 4.90 Å². The predicted octanol–water partition coefficient (Wildman–Crippen LogP) is 3.32. The Morgan fingerprint density at radius 3 is 1.93 bits per heavy atom. The van der Waals surface area contributed by atoms with Crippen LogP contribution in [0.4, 0.5) is 11.4 Å². The first-order valence-corrected chi connectivity index (χ1v) is 8.91. The average molecular weight is 402 g/mol. The minimum absolute atomic E-state index is 0.0739. The minimum Gasteiger partial charge on any atom is -0.293 e. The van der Waals surface area contributed by atoms with Crippen LogP contribution in [0.1, 0.15) is 6.92 Å². The first-order chi connectivity index (χ1) is 12.9. The van der Waals surface area contributed by atoms with Crippen LogP contribution in [0.3, 0.4) is 0 Å². The molecule has 2 aliphatic rings. The molecule has 0 aliphatic carbocycles. The molecule has 0 N–H and O–H groups in total. The van der Waals surface area contributed by atoms with Gasteiger partial charge in [0.1, 0.15) is 17.7 Å². The lowest BCUT2D eigenvalue weighted by molar-refractivity contribution is -0.122. The van der Waals surface area contributed by atoms with Crippen LogP contribution >= 0.6 is 23.2 Å². The van der Waals surface area contributed by atoms with Crippen molar-refractivity contribution < 1.29 is 14.4 Å². The fourth-order valence-corrected chi connectivity index (χ4v) is 3.61. The molecule has 0 aromatic heterocycles. The van der Waals surface area contributed by atoms with Gasteiger partial charge in [-0.1, -0.05) is 23.2 Å². The zero-order valence-electron chi connectivity index (χ0n) is 14.1. The number of imide groups is 1. The van der Waals surface area contributed by atoms with E-state index in [2.05, 4.69) is 5.10 Å². The Labute approximate surface area is 165 Å². The Morgan fingerprint density at radius 1 is 0.889 bits per heavy atom. The number of halogens is 2. The van der Waals surface area contributed by atoms with Gasteiger partial charge in [0.2, 0.25) is 5.91 Å². The van der Waals surface area contributed by atoms with Crippen LogP contribution in [0.15, 0.2) is 53.6 Å². The lowest BCUT2D eigenvalue weighted by Gasteiger charge is -2.22. The molecule has 4 rings (SSSR count). The highest BCUT2D eigenvalue weighted by Gasteiger charge is 2.58. The van der Waals surface area contributed by atoms with E-state index in [1.165, 1.54) is 11.9 Å². The van der Waals surface area contributed by atoms with Crippen LogP contribution in [0, 0.1) is 5.92 Å². The van der Waals surface area contributed by atoms with Crippen LogP contribution < -0.4 is 9.91 Å². The molecule has 2 amide bonds. The number of rotatable bonds is 3. The van der Waals surface area contributed by atoms with E-state index in [4.69, 9.17) is 23.2 Å². The monoisotopic (exact) mass is 401 g/mol. The molecular formula is C19H13Cl2N3O3. The molecule has 0 bridgehead atoms. The van der Waals surface area contributed by atoms with Crippen molar-refractivity contribution in [2.45, 2.75) is 13.0 Å². The van der Waals surface area contributed by atoms with Gasteiger partial charge in [-0.25, -0.2) is 4.90 Å². The highest BCUT2D eigenvalue weighted by molar-refractivity contribution is 6.49. The second kappa shape index (κ2) is 6.48. The molecule has 8 heteroatoms. The van der Waals surface area contributed by atoms with Gasteiger partial charge in [0, 0.05) is 17.0 Å². The molecule has 0 saturated carbocycles. The Bertz CT molecular complexity index is 986. The molecule has 2 aromatic rings. The van der Waals surface area contributed by atoms with E-state index in [-0.39, 0.29) is 11.5 Å². The molecule has 27 heavy (non-hydrogen) atoms. The number of hydrogen-bond donors (Lipinski definition) is 0. The minimum atomic E-state index is -0.943. The van der Waals surface area contributed by atoms with E-state index in [0.29, 0.717) is 21.4 Å². The molecule has 0 unspecified atom stereocenters. The van der Waals surface area contributed by atoms with Gasteiger partial charge in [-0.3, -0.25) is 19.4 Å². The number of benzene rings is 2. The van der Waals surface area contributed by atoms with Crippen molar-refractivity contribution in [3.8, 4) is 0 Å². The van der Waals surface area contributed by atoms with Gasteiger partial charge < -0.3 is 0 Å². The van der Waals surface area contributed by atoms with Gasteiger partial charge in [-0.05, 0) is 48.5 Å².